The van der Waals surface area contributed by atoms with Crippen LogP contribution in [0.2, 0.25) is 0 Å². The summed E-state index contributed by atoms with van der Waals surface area (Å²) in [4.78, 5) is 24.1. The Bertz CT molecular complexity index is 836. The van der Waals surface area contributed by atoms with Crippen LogP contribution in [0.4, 0.5) is 0 Å². The van der Waals surface area contributed by atoms with E-state index in [4.69, 9.17) is 9.47 Å². The van der Waals surface area contributed by atoms with Gasteiger partial charge in [-0.25, -0.2) is 9.10 Å². The highest BCUT2D eigenvalue weighted by molar-refractivity contribution is 7.97. The molecule has 180 valence electrons. The maximum Gasteiger partial charge on any atom is 0.337 e. The number of hydrogen-bond acceptors (Lipinski definition) is 6. The Balaban J connectivity index is 1.78. The first kappa shape index (κ1) is 26.9. The van der Waals surface area contributed by atoms with E-state index in [1.54, 1.807) is 0 Å². The molecule has 0 aromatic heterocycles. The summed E-state index contributed by atoms with van der Waals surface area (Å²) in [5, 5.41) is 0. The molecule has 0 aliphatic carbocycles. The molecule has 0 atom stereocenters. The van der Waals surface area contributed by atoms with Crippen LogP contribution < -0.4 is 0 Å². The first-order valence-electron chi connectivity index (χ1n) is 11.8. The maximum absolute atomic E-state index is 11.6. The molecular weight excluding hydrogens is 434 g/mol. The van der Waals surface area contributed by atoms with Crippen LogP contribution in [0.25, 0.3) is 0 Å². The molecule has 2 aromatic carbocycles. The molecule has 0 saturated carbocycles. The molecule has 0 bridgehead atoms. The van der Waals surface area contributed by atoms with Gasteiger partial charge in [0.05, 0.1) is 19.8 Å². The Labute approximate surface area is 203 Å². The van der Waals surface area contributed by atoms with Gasteiger partial charge in [-0.15, -0.1) is 0 Å². The second-order valence-corrected chi connectivity index (χ2v) is 9.39. The minimum absolute atomic E-state index is 0.115. The lowest BCUT2D eigenvalue weighted by atomic mass is 10.1. The third-order valence-corrected chi connectivity index (χ3v) is 6.63. The van der Waals surface area contributed by atoms with Crippen molar-refractivity contribution in [2.24, 2.45) is 0 Å². The number of nitrogens with zero attached hydrogens (tertiary/aromatic N) is 1. The van der Waals surface area contributed by atoms with E-state index in [1.165, 1.54) is 36.7 Å². The number of carbonyl (C=O) groups is 2. The molecule has 0 radical (unpaired) electrons. The van der Waals surface area contributed by atoms with Crippen LogP contribution in [-0.2, 0) is 20.7 Å². The van der Waals surface area contributed by atoms with E-state index in [1.807, 2.05) is 36.2 Å². The Hall–Kier alpha value is -2.31. The molecule has 0 spiro atoms. The van der Waals surface area contributed by atoms with E-state index in [-0.39, 0.29) is 11.9 Å². The van der Waals surface area contributed by atoms with Crippen LogP contribution in [0.5, 0.6) is 0 Å². The number of methoxy groups -OCH3 is 2. The standard InChI is InChI=1S/C27H37NO4S/c1-22-12-18-25(19-13-22)33-28(20-8-6-4-5-7-11-26(29)31-2)21-9-10-23-14-16-24(17-15-23)27(30)32-3/h12-19H,4-11,20-21H2,1-3H3. The van der Waals surface area contributed by atoms with Gasteiger partial charge in [0.2, 0.25) is 0 Å². The second kappa shape index (κ2) is 15.5. The monoisotopic (exact) mass is 471 g/mol. The lowest BCUT2D eigenvalue weighted by Gasteiger charge is -2.21. The molecule has 0 unspecified atom stereocenters. The summed E-state index contributed by atoms with van der Waals surface area (Å²) in [5.74, 6) is -0.414. The van der Waals surface area contributed by atoms with Crippen molar-refractivity contribution < 1.29 is 19.1 Å². The topological polar surface area (TPSA) is 55.8 Å². The van der Waals surface area contributed by atoms with Crippen LogP contribution in [0.1, 0.15) is 66.4 Å². The highest BCUT2D eigenvalue weighted by Gasteiger charge is 2.09. The molecule has 2 rings (SSSR count). The zero-order chi connectivity index (χ0) is 23.9. The summed E-state index contributed by atoms with van der Waals surface area (Å²) in [6.07, 6.45) is 7.98. The lowest BCUT2D eigenvalue weighted by Crippen LogP contribution is -2.19. The molecule has 0 aliphatic rings. The first-order valence-corrected chi connectivity index (χ1v) is 12.5. The maximum atomic E-state index is 11.6. The third kappa shape index (κ3) is 10.9. The van der Waals surface area contributed by atoms with Gasteiger partial charge in [0.15, 0.2) is 0 Å². The average Bonchev–Trinajstić information content (AvgIpc) is 2.84. The zero-order valence-corrected chi connectivity index (χ0v) is 21.0. The van der Waals surface area contributed by atoms with Crippen molar-refractivity contribution in [1.82, 2.24) is 4.31 Å². The molecule has 0 saturated heterocycles. The number of carbonyl (C=O) groups excluding carboxylic acids is 2. The highest BCUT2D eigenvalue weighted by Crippen LogP contribution is 2.24. The van der Waals surface area contributed by atoms with E-state index in [2.05, 4.69) is 35.5 Å². The fourth-order valence-corrected chi connectivity index (χ4v) is 4.52. The molecule has 0 fully saturated rings. The fraction of sp³-hybridized carbons (Fsp3) is 0.481. The highest BCUT2D eigenvalue weighted by atomic mass is 32.2. The second-order valence-electron chi connectivity index (χ2n) is 8.22. The number of aryl methyl sites for hydroxylation is 2. The van der Waals surface area contributed by atoms with E-state index in [0.29, 0.717) is 12.0 Å². The minimum Gasteiger partial charge on any atom is -0.469 e. The van der Waals surface area contributed by atoms with E-state index < -0.39 is 0 Å². The van der Waals surface area contributed by atoms with Crippen molar-refractivity contribution in [2.75, 3.05) is 27.3 Å². The summed E-state index contributed by atoms with van der Waals surface area (Å²) in [5.41, 5.74) is 3.09. The number of hydrogen-bond donors (Lipinski definition) is 0. The summed E-state index contributed by atoms with van der Waals surface area (Å²) in [6.45, 7) is 4.15. The lowest BCUT2D eigenvalue weighted by molar-refractivity contribution is -0.140. The van der Waals surface area contributed by atoms with Gasteiger partial charge in [-0.2, -0.15) is 0 Å². The number of rotatable bonds is 15. The van der Waals surface area contributed by atoms with Gasteiger partial charge in [0.1, 0.15) is 0 Å². The molecule has 2 aromatic rings. The van der Waals surface area contributed by atoms with Gasteiger partial charge < -0.3 is 9.47 Å². The van der Waals surface area contributed by atoms with Crippen molar-refractivity contribution in [3.05, 3.63) is 65.2 Å². The normalized spacial score (nSPS) is 10.9. The van der Waals surface area contributed by atoms with E-state index in [0.717, 1.165) is 51.6 Å². The van der Waals surface area contributed by atoms with Crippen molar-refractivity contribution in [1.29, 1.82) is 0 Å². The van der Waals surface area contributed by atoms with Crippen molar-refractivity contribution in [2.45, 2.75) is 63.2 Å². The Morgan fingerprint density at radius 2 is 1.42 bits per heavy atom. The number of benzene rings is 2. The molecular formula is C27H37NO4S. The Morgan fingerprint density at radius 3 is 2.09 bits per heavy atom. The predicted molar refractivity (Wildman–Crippen MR) is 134 cm³/mol. The molecule has 0 aliphatic heterocycles. The predicted octanol–water partition coefficient (Wildman–Crippen LogP) is 6.24. The van der Waals surface area contributed by atoms with Gasteiger partial charge in [-0.1, -0.05) is 49.1 Å². The molecule has 6 heteroatoms. The first-order chi connectivity index (χ1) is 16.0. The summed E-state index contributed by atoms with van der Waals surface area (Å²) >= 11 is 1.83. The van der Waals surface area contributed by atoms with E-state index in [9.17, 15) is 9.59 Å². The number of ether oxygens (including phenoxy) is 2. The SMILES string of the molecule is COC(=O)CCCCCCCN(CCCc1ccc(C(=O)OC)cc1)Sc1ccc(C)cc1. The van der Waals surface area contributed by atoms with Gasteiger partial charge in [0.25, 0.3) is 0 Å². The summed E-state index contributed by atoms with van der Waals surface area (Å²) in [7, 11) is 2.85. The van der Waals surface area contributed by atoms with Crippen LogP contribution in [0.15, 0.2) is 53.4 Å². The quantitative estimate of drug-likeness (QED) is 0.174. The smallest absolute Gasteiger partial charge is 0.337 e. The molecule has 0 heterocycles. The van der Waals surface area contributed by atoms with E-state index >= 15 is 0 Å². The molecule has 0 N–H and O–H groups in total. The van der Waals surface area contributed by atoms with Gasteiger partial charge in [-0.3, -0.25) is 4.79 Å². The van der Waals surface area contributed by atoms with Gasteiger partial charge in [0, 0.05) is 24.4 Å². The van der Waals surface area contributed by atoms with Crippen LogP contribution in [-0.4, -0.2) is 43.6 Å². The molecule has 33 heavy (non-hydrogen) atoms. The number of unbranched alkanes of at least 4 members (excludes halogenated alkanes) is 4. The van der Waals surface area contributed by atoms with Crippen LogP contribution in [0, 0.1) is 6.92 Å². The third-order valence-electron chi connectivity index (χ3n) is 5.52. The molecule has 0 amide bonds. The fourth-order valence-electron chi connectivity index (χ4n) is 3.53. The van der Waals surface area contributed by atoms with Gasteiger partial charge >= 0.3 is 11.9 Å². The Kier molecular flexibility index (Phi) is 12.7. The van der Waals surface area contributed by atoms with Crippen molar-refractivity contribution in [3.8, 4) is 0 Å². The summed E-state index contributed by atoms with van der Waals surface area (Å²) in [6, 6.07) is 16.4. The number of esters is 2. The molecule has 5 nitrogen and oxygen atoms in total. The Morgan fingerprint density at radius 1 is 0.788 bits per heavy atom. The largest absolute Gasteiger partial charge is 0.469 e. The van der Waals surface area contributed by atoms with Crippen molar-refractivity contribution in [3.63, 3.8) is 0 Å². The van der Waals surface area contributed by atoms with Gasteiger partial charge in [-0.05, 0) is 74.4 Å². The summed E-state index contributed by atoms with van der Waals surface area (Å²) < 4.78 is 11.9. The zero-order valence-electron chi connectivity index (χ0n) is 20.2. The average molecular weight is 472 g/mol. The minimum atomic E-state index is -0.299. The van der Waals surface area contributed by atoms with Crippen molar-refractivity contribution >= 4 is 23.9 Å². The van der Waals surface area contributed by atoms with Crippen LogP contribution >= 0.6 is 11.9 Å². The van der Waals surface area contributed by atoms with Crippen LogP contribution in [0.3, 0.4) is 0 Å².